The number of carbonyl (C=O) groups is 3. The Bertz CT molecular complexity index is 1140. The van der Waals surface area contributed by atoms with Gasteiger partial charge in [0.1, 0.15) is 18.1 Å². The highest BCUT2D eigenvalue weighted by molar-refractivity contribution is 6.07. The summed E-state index contributed by atoms with van der Waals surface area (Å²) < 4.78 is 20.0. The fourth-order valence-electron chi connectivity index (χ4n) is 4.35. The molecule has 35 heavy (non-hydrogen) atoms. The highest BCUT2D eigenvalue weighted by Crippen LogP contribution is 2.38. The third-order valence-electron chi connectivity index (χ3n) is 6.18. The lowest BCUT2D eigenvalue weighted by molar-refractivity contribution is -0.136. The van der Waals surface area contributed by atoms with E-state index in [1.807, 2.05) is 18.7 Å². The van der Waals surface area contributed by atoms with Gasteiger partial charge < -0.3 is 19.9 Å². The van der Waals surface area contributed by atoms with Crippen LogP contribution in [0.2, 0.25) is 0 Å². The van der Waals surface area contributed by atoms with Gasteiger partial charge in [-0.05, 0) is 58.0 Å². The van der Waals surface area contributed by atoms with Crippen molar-refractivity contribution in [1.82, 2.24) is 10.2 Å². The lowest BCUT2D eigenvalue weighted by Crippen LogP contribution is -2.57. The largest absolute Gasteiger partial charge is 0.476 e. The van der Waals surface area contributed by atoms with Gasteiger partial charge in [-0.15, -0.1) is 0 Å². The van der Waals surface area contributed by atoms with Crippen molar-refractivity contribution in [3.05, 3.63) is 53.8 Å². The van der Waals surface area contributed by atoms with Crippen LogP contribution in [0.4, 0.5) is 15.8 Å². The first kappa shape index (κ1) is 24.5. The number of nitrogens with zero attached hydrogens (tertiary/aromatic N) is 3. The summed E-state index contributed by atoms with van der Waals surface area (Å²) in [6.07, 6.45) is 0. The summed E-state index contributed by atoms with van der Waals surface area (Å²) in [5, 5.41) is 2.83. The first-order valence-corrected chi connectivity index (χ1v) is 11.8. The summed E-state index contributed by atoms with van der Waals surface area (Å²) >= 11 is 0. The van der Waals surface area contributed by atoms with Crippen LogP contribution in [-0.2, 0) is 9.59 Å². The van der Waals surface area contributed by atoms with E-state index in [0.29, 0.717) is 48.9 Å². The van der Waals surface area contributed by atoms with Crippen LogP contribution in [-0.4, -0.2) is 67.0 Å². The first-order valence-electron chi connectivity index (χ1n) is 11.8. The summed E-state index contributed by atoms with van der Waals surface area (Å²) in [5.41, 5.74) is 0.137. The number of carbonyl (C=O) groups excluding carboxylic acids is 3. The molecule has 2 aliphatic heterocycles. The highest BCUT2D eigenvalue weighted by Gasteiger charge is 2.42. The van der Waals surface area contributed by atoms with E-state index in [-0.39, 0.29) is 36.1 Å². The average molecular weight is 483 g/mol. The molecule has 0 unspecified atom stereocenters. The monoisotopic (exact) mass is 482 g/mol. The van der Waals surface area contributed by atoms with Crippen molar-refractivity contribution in [3.8, 4) is 5.75 Å². The number of para-hydroxylation sites is 1. The molecule has 0 saturated carbocycles. The number of nitrogens with one attached hydrogen (secondary N) is 1. The summed E-state index contributed by atoms with van der Waals surface area (Å²) in [7, 11) is 0. The Kier molecular flexibility index (Phi) is 6.69. The van der Waals surface area contributed by atoms with E-state index >= 15 is 0 Å². The third kappa shape index (κ3) is 5.08. The molecule has 2 aromatic carbocycles. The lowest BCUT2D eigenvalue weighted by atomic mass is 10.0. The van der Waals surface area contributed by atoms with Crippen LogP contribution in [0.15, 0.2) is 42.5 Å². The summed E-state index contributed by atoms with van der Waals surface area (Å²) in [6.45, 7) is 8.68. The lowest BCUT2D eigenvalue weighted by Gasteiger charge is -2.40. The van der Waals surface area contributed by atoms with Gasteiger partial charge in [-0.3, -0.25) is 19.3 Å². The van der Waals surface area contributed by atoms with Crippen molar-refractivity contribution in [2.24, 2.45) is 0 Å². The van der Waals surface area contributed by atoms with Crippen molar-refractivity contribution in [2.75, 3.05) is 42.5 Å². The van der Waals surface area contributed by atoms with E-state index in [1.54, 1.807) is 55.1 Å². The maximum Gasteiger partial charge on any atom is 0.271 e. The van der Waals surface area contributed by atoms with Crippen molar-refractivity contribution in [3.63, 3.8) is 0 Å². The molecule has 2 aromatic rings. The molecule has 1 N–H and O–H groups in total. The number of halogens is 1. The van der Waals surface area contributed by atoms with Crippen LogP contribution in [0, 0.1) is 5.82 Å². The number of ether oxygens (including phenoxy) is 1. The number of anilines is 2. The van der Waals surface area contributed by atoms with E-state index in [9.17, 15) is 18.8 Å². The number of hydrogen-bond donors (Lipinski definition) is 1. The third-order valence-corrected chi connectivity index (χ3v) is 6.18. The zero-order chi connectivity index (χ0) is 25.3. The molecule has 0 radical (unpaired) electrons. The number of rotatable bonds is 5. The van der Waals surface area contributed by atoms with Gasteiger partial charge >= 0.3 is 0 Å². The summed E-state index contributed by atoms with van der Waals surface area (Å²) in [4.78, 5) is 44.0. The Balaban J connectivity index is 1.51. The second-order valence-electron chi connectivity index (χ2n) is 9.63. The molecule has 0 aromatic heterocycles. The van der Waals surface area contributed by atoms with E-state index in [4.69, 9.17) is 4.74 Å². The van der Waals surface area contributed by atoms with Crippen LogP contribution in [0.1, 0.15) is 38.1 Å². The molecule has 9 heteroatoms. The molecule has 2 heterocycles. The van der Waals surface area contributed by atoms with Gasteiger partial charge in [0.25, 0.3) is 11.8 Å². The molecular weight excluding hydrogens is 451 g/mol. The van der Waals surface area contributed by atoms with E-state index < -0.39 is 5.60 Å². The quantitative estimate of drug-likeness (QED) is 0.709. The normalized spacial score (nSPS) is 17.2. The van der Waals surface area contributed by atoms with Gasteiger partial charge in [0, 0.05) is 37.8 Å². The second kappa shape index (κ2) is 9.56. The molecule has 8 nitrogen and oxygen atoms in total. The highest BCUT2D eigenvalue weighted by atomic mass is 19.1. The van der Waals surface area contributed by atoms with Gasteiger partial charge in [-0.25, -0.2) is 4.39 Å². The number of fused-ring (bicyclic) bond motifs is 1. The van der Waals surface area contributed by atoms with Crippen molar-refractivity contribution >= 4 is 29.1 Å². The molecule has 3 amide bonds. The predicted octanol–water partition coefficient (Wildman–Crippen LogP) is 2.82. The minimum atomic E-state index is -1.15. The van der Waals surface area contributed by atoms with Crippen LogP contribution in [0.5, 0.6) is 5.75 Å². The van der Waals surface area contributed by atoms with Gasteiger partial charge in [-0.2, -0.15) is 0 Å². The molecular formula is C26H31FN4O4. The average Bonchev–Trinajstić information content (AvgIpc) is 2.81. The smallest absolute Gasteiger partial charge is 0.271 e. The Labute approximate surface area is 204 Å². The molecule has 0 aliphatic carbocycles. The predicted molar refractivity (Wildman–Crippen MR) is 131 cm³/mol. The molecule has 2 aliphatic rings. The van der Waals surface area contributed by atoms with Crippen LogP contribution < -0.4 is 19.9 Å². The number of hydrogen-bond acceptors (Lipinski definition) is 5. The second-order valence-corrected chi connectivity index (χ2v) is 9.63. The Hall–Kier alpha value is -3.62. The van der Waals surface area contributed by atoms with Crippen LogP contribution >= 0.6 is 0 Å². The van der Waals surface area contributed by atoms with Gasteiger partial charge in [0.2, 0.25) is 5.91 Å². The number of piperazine rings is 1. The topological polar surface area (TPSA) is 82.2 Å². The maximum absolute atomic E-state index is 14.1. The standard InChI is InChI=1S/C26H31FN4O4/c1-17(2)28-24(33)18-9-10-22-21(15-18)31(25(34)26(3,4)35-22)16-23(32)30-13-11-29(12-14-30)20-8-6-5-7-19(20)27/h5-10,15,17H,11-14,16H2,1-4H3,(H,28,33). The zero-order valence-corrected chi connectivity index (χ0v) is 20.5. The SMILES string of the molecule is CC(C)NC(=O)c1ccc2c(c1)N(CC(=O)N1CCN(c3ccccc3F)CC1)C(=O)C(C)(C)O2. The minimum Gasteiger partial charge on any atom is -0.476 e. The Morgan fingerprint density at radius 1 is 1.06 bits per heavy atom. The fraction of sp³-hybridized carbons (Fsp3) is 0.423. The van der Waals surface area contributed by atoms with Crippen molar-refractivity contribution < 1.29 is 23.5 Å². The van der Waals surface area contributed by atoms with Gasteiger partial charge in [-0.1, -0.05) is 12.1 Å². The van der Waals surface area contributed by atoms with Gasteiger partial charge in [0.15, 0.2) is 5.60 Å². The van der Waals surface area contributed by atoms with E-state index in [2.05, 4.69) is 5.32 Å². The molecule has 0 atom stereocenters. The minimum absolute atomic E-state index is 0.0453. The zero-order valence-electron chi connectivity index (χ0n) is 20.5. The van der Waals surface area contributed by atoms with Crippen molar-refractivity contribution in [2.45, 2.75) is 39.3 Å². The van der Waals surface area contributed by atoms with Crippen LogP contribution in [0.3, 0.4) is 0 Å². The van der Waals surface area contributed by atoms with Crippen molar-refractivity contribution in [1.29, 1.82) is 0 Å². The molecule has 1 saturated heterocycles. The van der Waals surface area contributed by atoms with Gasteiger partial charge in [0.05, 0.1) is 11.4 Å². The number of benzene rings is 2. The Morgan fingerprint density at radius 3 is 2.40 bits per heavy atom. The first-order chi connectivity index (χ1) is 16.6. The van der Waals surface area contributed by atoms with Crippen LogP contribution in [0.25, 0.3) is 0 Å². The van der Waals surface area contributed by atoms with E-state index in [0.717, 1.165) is 0 Å². The number of amides is 3. The Morgan fingerprint density at radius 2 is 1.74 bits per heavy atom. The molecule has 0 spiro atoms. The maximum atomic E-state index is 14.1. The summed E-state index contributed by atoms with van der Waals surface area (Å²) in [5.74, 6) is -0.692. The fourth-order valence-corrected chi connectivity index (χ4v) is 4.35. The summed E-state index contributed by atoms with van der Waals surface area (Å²) in [6, 6.07) is 11.4. The molecule has 4 rings (SSSR count). The van der Waals surface area contributed by atoms with E-state index in [1.165, 1.54) is 11.0 Å². The molecule has 0 bridgehead atoms. The molecule has 1 fully saturated rings. The molecule has 186 valence electrons.